The third-order valence-corrected chi connectivity index (χ3v) is 4.15. The second-order valence-electron chi connectivity index (χ2n) is 4.15. The molecule has 0 bridgehead atoms. The molecule has 100 valence electrons. The highest BCUT2D eigenvalue weighted by atomic mass is 79.9. The van der Waals surface area contributed by atoms with E-state index in [4.69, 9.17) is 11.6 Å². The number of hydrogen-bond acceptors (Lipinski definition) is 3. The number of amides is 1. The Balaban J connectivity index is 2.02. The molecule has 0 aromatic carbocycles. The molecule has 0 fully saturated rings. The van der Waals surface area contributed by atoms with Gasteiger partial charge in [-0.3, -0.25) is 4.79 Å². The molecule has 3 nitrogen and oxygen atoms in total. The highest BCUT2D eigenvalue weighted by molar-refractivity contribution is 9.10. The van der Waals surface area contributed by atoms with Crippen molar-refractivity contribution in [3.05, 3.63) is 49.8 Å². The standard InChI is InChI=1S/C13H12BrClN2OS/c1-8(5-10-3-2-4-19-10)17-13(18)11-6-9(14)7-16-12(11)15/h2-4,6-8H,5H2,1H3,(H,17,18). The molecule has 0 aliphatic heterocycles. The number of carbonyl (C=O) groups is 1. The van der Waals surface area contributed by atoms with Crippen molar-refractivity contribution < 1.29 is 4.79 Å². The number of nitrogens with one attached hydrogen (secondary N) is 1. The second-order valence-corrected chi connectivity index (χ2v) is 6.46. The van der Waals surface area contributed by atoms with Crippen molar-refractivity contribution >= 4 is 44.8 Å². The maximum Gasteiger partial charge on any atom is 0.254 e. The average molecular weight is 360 g/mol. The molecule has 0 aliphatic rings. The van der Waals surface area contributed by atoms with Gasteiger partial charge in [-0.2, -0.15) is 0 Å². The first-order valence-corrected chi connectivity index (χ1v) is 7.75. The van der Waals surface area contributed by atoms with Crippen molar-refractivity contribution in [2.45, 2.75) is 19.4 Å². The molecule has 1 amide bonds. The van der Waals surface area contributed by atoms with Gasteiger partial charge in [-0.05, 0) is 40.4 Å². The molecule has 2 heterocycles. The Morgan fingerprint density at radius 3 is 3.11 bits per heavy atom. The van der Waals surface area contributed by atoms with Gasteiger partial charge in [-0.25, -0.2) is 4.98 Å². The van der Waals surface area contributed by atoms with Gasteiger partial charge in [-0.1, -0.05) is 17.7 Å². The lowest BCUT2D eigenvalue weighted by Crippen LogP contribution is -2.34. The lowest BCUT2D eigenvalue weighted by molar-refractivity contribution is 0.0940. The summed E-state index contributed by atoms with van der Waals surface area (Å²) >= 11 is 10.9. The summed E-state index contributed by atoms with van der Waals surface area (Å²) in [6.45, 7) is 1.97. The van der Waals surface area contributed by atoms with Gasteiger partial charge in [0.15, 0.2) is 0 Å². The van der Waals surface area contributed by atoms with Crippen LogP contribution in [-0.4, -0.2) is 16.9 Å². The number of aromatic nitrogens is 1. The van der Waals surface area contributed by atoms with Crippen LogP contribution in [0.3, 0.4) is 0 Å². The van der Waals surface area contributed by atoms with E-state index in [1.54, 1.807) is 23.6 Å². The largest absolute Gasteiger partial charge is 0.349 e. The van der Waals surface area contributed by atoms with E-state index in [0.717, 1.165) is 10.9 Å². The van der Waals surface area contributed by atoms with Gasteiger partial charge in [0, 0.05) is 28.0 Å². The smallest absolute Gasteiger partial charge is 0.254 e. The van der Waals surface area contributed by atoms with Crippen LogP contribution in [0.4, 0.5) is 0 Å². The molecule has 1 atom stereocenters. The molecule has 0 radical (unpaired) electrons. The van der Waals surface area contributed by atoms with Gasteiger partial charge in [0.05, 0.1) is 5.56 Å². The number of carbonyl (C=O) groups excluding carboxylic acids is 1. The summed E-state index contributed by atoms with van der Waals surface area (Å²) in [7, 11) is 0. The van der Waals surface area contributed by atoms with Crippen LogP contribution in [0.1, 0.15) is 22.2 Å². The number of nitrogens with zero attached hydrogens (tertiary/aromatic N) is 1. The van der Waals surface area contributed by atoms with Crippen molar-refractivity contribution in [3.8, 4) is 0 Å². The third-order valence-electron chi connectivity index (χ3n) is 2.52. The number of thiophene rings is 1. The summed E-state index contributed by atoms with van der Waals surface area (Å²) in [6, 6.07) is 5.77. The molecule has 2 rings (SSSR count). The van der Waals surface area contributed by atoms with E-state index >= 15 is 0 Å². The van der Waals surface area contributed by atoms with Crippen LogP contribution in [0.15, 0.2) is 34.2 Å². The Kier molecular flexibility index (Phi) is 4.96. The Hall–Kier alpha value is -0.910. The minimum absolute atomic E-state index is 0.0428. The van der Waals surface area contributed by atoms with Crippen LogP contribution < -0.4 is 5.32 Å². The van der Waals surface area contributed by atoms with E-state index in [0.29, 0.717) is 5.56 Å². The maximum absolute atomic E-state index is 12.1. The first-order chi connectivity index (χ1) is 9.06. The quantitative estimate of drug-likeness (QED) is 0.841. The summed E-state index contributed by atoms with van der Waals surface area (Å²) < 4.78 is 0.730. The summed E-state index contributed by atoms with van der Waals surface area (Å²) in [5.41, 5.74) is 0.383. The van der Waals surface area contributed by atoms with E-state index in [1.807, 2.05) is 18.4 Å². The zero-order valence-corrected chi connectivity index (χ0v) is 13.3. The van der Waals surface area contributed by atoms with Gasteiger partial charge >= 0.3 is 0 Å². The minimum Gasteiger partial charge on any atom is -0.349 e. The van der Waals surface area contributed by atoms with Crippen LogP contribution in [0, 0.1) is 0 Å². The van der Waals surface area contributed by atoms with Crippen molar-refractivity contribution in [1.82, 2.24) is 10.3 Å². The zero-order valence-electron chi connectivity index (χ0n) is 10.2. The van der Waals surface area contributed by atoms with E-state index in [9.17, 15) is 4.79 Å². The minimum atomic E-state index is -0.206. The van der Waals surface area contributed by atoms with E-state index in [2.05, 4.69) is 32.3 Å². The molecule has 1 N–H and O–H groups in total. The molecular weight excluding hydrogens is 348 g/mol. The summed E-state index contributed by atoms with van der Waals surface area (Å²) in [6.07, 6.45) is 2.37. The van der Waals surface area contributed by atoms with Gasteiger partial charge in [0.1, 0.15) is 5.15 Å². The van der Waals surface area contributed by atoms with Crippen LogP contribution in [0.2, 0.25) is 5.15 Å². The molecule has 2 aromatic heterocycles. The number of pyridine rings is 1. The van der Waals surface area contributed by atoms with Crippen molar-refractivity contribution in [1.29, 1.82) is 0 Å². The normalized spacial score (nSPS) is 12.2. The Bertz CT molecular complexity index is 574. The monoisotopic (exact) mass is 358 g/mol. The average Bonchev–Trinajstić information content (AvgIpc) is 2.84. The first-order valence-electron chi connectivity index (χ1n) is 5.70. The van der Waals surface area contributed by atoms with E-state index < -0.39 is 0 Å². The van der Waals surface area contributed by atoms with Crippen LogP contribution in [0.5, 0.6) is 0 Å². The summed E-state index contributed by atoms with van der Waals surface area (Å²) in [5.74, 6) is -0.206. The van der Waals surface area contributed by atoms with Crippen LogP contribution in [-0.2, 0) is 6.42 Å². The fourth-order valence-corrected chi connectivity index (χ4v) is 3.02. The topological polar surface area (TPSA) is 42.0 Å². The Morgan fingerprint density at radius 2 is 2.42 bits per heavy atom. The molecule has 6 heteroatoms. The van der Waals surface area contributed by atoms with Crippen molar-refractivity contribution in [2.24, 2.45) is 0 Å². The SMILES string of the molecule is CC(Cc1cccs1)NC(=O)c1cc(Br)cnc1Cl. The lowest BCUT2D eigenvalue weighted by Gasteiger charge is -2.13. The second kappa shape index (κ2) is 6.50. The Morgan fingerprint density at radius 1 is 1.63 bits per heavy atom. The molecule has 0 saturated heterocycles. The number of rotatable bonds is 4. The highest BCUT2D eigenvalue weighted by Crippen LogP contribution is 2.18. The maximum atomic E-state index is 12.1. The molecule has 1 unspecified atom stereocenters. The van der Waals surface area contributed by atoms with Crippen molar-refractivity contribution in [3.63, 3.8) is 0 Å². The number of halogens is 2. The van der Waals surface area contributed by atoms with E-state index in [-0.39, 0.29) is 17.1 Å². The van der Waals surface area contributed by atoms with Gasteiger partial charge in [-0.15, -0.1) is 11.3 Å². The fourth-order valence-electron chi connectivity index (χ4n) is 1.66. The first kappa shape index (κ1) is 14.5. The summed E-state index contributed by atoms with van der Waals surface area (Å²) in [4.78, 5) is 17.3. The van der Waals surface area contributed by atoms with E-state index in [1.165, 1.54) is 4.88 Å². The molecule has 2 aromatic rings. The summed E-state index contributed by atoms with van der Waals surface area (Å²) in [5, 5.41) is 5.16. The Labute approximate surface area is 129 Å². The molecular formula is C13H12BrClN2OS. The molecule has 0 aliphatic carbocycles. The van der Waals surface area contributed by atoms with Gasteiger partial charge in [0.25, 0.3) is 5.91 Å². The van der Waals surface area contributed by atoms with Gasteiger partial charge < -0.3 is 5.32 Å². The highest BCUT2D eigenvalue weighted by Gasteiger charge is 2.15. The predicted molar refractivity (Wildman–Crippen MR) is 81.9 cm³/mol. The van der Waals surface area contributed by atoms with Crippen molar-refractivity contribution in [2.75, 3.05) is 0 Å². The molecule has 19 heavy (non-hydrogen) atoms. The lowest BCUT2D eigenvalue weighted by atomic mass is 10.2. The third kappa shape index (κ3) is 4.03. The van der Waals surface area contributed by atoms with Crippen LogP contribution >= 0.6 is 38.9 Å². The number of hydrogen-bond donors (Lipinski definition) is 1. The van der Waals surface area contributed by atoms with Crippen LogP contribution in [0.25, 0.3) is 0 Å². The predicted octanol–water partition coefficient (Wildman–Crippen LogP) is 3.92. The molecule has 0 saturated carbocycles. The fraction of sp³-hybridized carbons (Fsp3) is 0.231. The zero-order chi connectivity index (χ0) is 13.8. The van der Waals surface area contributed by atoms with Gasteiger partial charge in [0.2, 0.25) is 0 Å². The molecule has 0 spiro atoms.